The molecule has 5 aromatic carbocycles. The Hall–Kier alpha value is -6.14. The van der Waals surface area contributed by atoms with E-state index in [0.29, 0.717) is 0 Å². The van der Waals surface area contributed by atoms with E-state index in [-0.39, 0.29) is 0 Å². The summed E-state index contributed by atoms with van der Waals surface area (Å²) in [6.07, 6.45) is 3.68. The molecule has 10 aromatic rings. The van der Waals surface area contributed by atoms with Gasteiger partial charge in [0.05, 0.1) is 33.6 Å². The van der Waals surface area contributed by atoms with E-state index >= 15 is 0 Å². The van der Waals surface area contributed by atoms with Crippen LogP contribution >= 0.6 is 0 Å². The molecule has 0 spiro atoms. The van der Waals surface area contributed by atoms with Gasteiger partial charge in [0.1, 0.15) is 28.5 Å². The number of furan rings is 1. The number of hydrogen-bond acceptors (Lipinski definition) is 4. The van der Waals surface area contributed by atoms with Crippen molar-refractivity contribution >= 4 is 70.9 Å². The molecule has 6 heteroatoms. The molecule has 6 nitrogen and oxygen atoms in total. The molecule has 0 N–H and O–H groups in total. The molecule has 10 rings (SSSR count). The zero-order chi connectivity index (χ0) is 28.8. The van der Waals surface area contributed by atoms with Crippen molar-refractivity contribution in [3.8, 4) is 17.3 Å². The maximum absolute atomic E-state index is 6.57. The van der Waals surface area contributed by atoms with Crippen LogP contribution < -0.4 is 4.74 Å². The Balaban J connectivity index is 1.20. The highest BCUT2D eigenvalue weighted by atomic mass is 16.5. The lowest BCUT2D eigenvalue weighted by atomic mass is 10.0. The molecule has 0 saturated heterocycles. The summed E-state index contributed by atoms with van der Waals surface area (Å²) in [6, 6.07) is 41.4. The summed E-state index contributed by atoms with van der Waals surface area (Å²) in [4.78, 5) is 4.77. The maximum atomic E-state index is 6.57. The highest BCUT2D eigenvalue weighted by Gasteiger charge is 2.20. The number of aromatic nitrogens is 4. The Kier molecular flexibility index (Phi) is 4.63. The van der Waals surface area contributed by atoms with Crippen molar-refractivity contribution in [2.45, 2.75) is 0 Å². The van der Waals surface area contributed by atoms with Gasteiger partial charge in [-0.05, 0) is 66.0 Å². The van der Waals surface area contributed by atoms with Crippen molar-refractivity contribution in [2.75, 3.05) is 0 Å². The minimum atomic E-state index is 0.739. The minimum Gasteiger partial charge on any atom is -0.457 e. The summed E-state index contributed by atoms with van der Waals surface area (Å²) in [7, 11) is 0. The summed E-state index contributed by atoms with van der Waals surface area (Å²) in [5.74, 6) is 2.32. The largest absolute Gasteiger partial charge is 0.457 e. The van der Waals surface area contributed by atoms with Crippen molar-refractivity contribution < 1.29 is 9.15 Å². The first-order valence-corrected chi connectivity index (χ1v) is 14.6. The summed E-state index contributed by atoms with van der Waals surface area (Å²) in [5.41, 5.74) is 5.87. The zero-order valence-corrected chi connectivity index (χ0v) is 23.3. The van der Waals surface area contributed by atoms with E-state index in [1.165, 1.54) is 10.8 Å². The molecule has 0 unspecified atom stereocenters. The standard InChI is InChI=1S/C38H22N4O2/c1-2-8-26-25(7-1)27-14-12-24(22-33(27)42-31(26)18-20-40-42)43-23-13-15-28-29-16-17-35-37(30-9-3-4-10-34(30)44-35)38(29)41(32(28)21-23)36-11-5-6-19-39-36/h1-22H. The van der Waals surface area contributed by atoms with E-state index in [0.717, 1.165) is 77.5 Å². The van der Waals surface area contributed by atoms with Crippen LogP contribution in [0.2, 0.25) is 0 Å². The van der Waals surface area contributed by atoms with E-state index in [1.54, 1.807) is 0 Å². The van der Waals surface area contributed by atoms with E-state index in [1.807, 2.05) is 59.4 Å². The molecular formula is C38H22N4O2. The lowest BCUT2D eigenvalue weighted by Gasteiger charge is -2.12. The number of hydrogen-bond donors (Lipinski definition) is 0. The fourth-order valence-electron chi connectivity index (χ4n) is 6.83. The van der Waals surface area contributed by atoms with Gasteiger partial charge in [-0.25, -0.2) is 9.50 Å². The van der Waals surface area contributed by atoms with Gasteiger partial charge in [0.2, 0.25) is 0 Å². The van der Waals surface area contributed by atoms with Crippen LogP contribution in [0.15, 0.2) is 138 Å². The van der Waals surface area contributed by atoms with Crippen LogP contribution in [0.1, 0.15) is 0 Å². The molecule has 206 valence electrons. The second-order valence-corrected chi connectivity index (χ2v) is 11.1. The van der Waals surface area contributed by atoms with Crippen molar-refractivity contribution in [1.82, 2.24) is 19.2 Å². The first-order chi connectivity index (χ1) is 21.8. The van der Waals surface area contributed by atoms with Crippen LogP contribution in [0.25, 0.3) is 76.8 Å². The van der Waals surface area contributed by atoms with Crippen molar-refractivity contribution in [3.05, 3.63) is 134 Å². The molecule has 0 atom stereocenters. The van der Waals surface area contributed by atoms with E-state index in [4.69, 9.17) is 14.1 Å². The molecule has 0 aliphatic rings. The third kappa shape index (κ3) is 3.19. The Morgan fingerprint density at radius 3 is 2.07 bits per heavy atom. The number of fused-ring (bicyclic) bond motifs is 13. The highest BCUT2D eigenvalue weighted by molar-refractivity contribution is 6.24. The fourth-order valence-corrected chi connectivity index (χ4v) is 6.83. The third-order valence-electron chi connectivity index (χ3n) is 8.69. The summed E-state index contributed by atoms with van der Waals surface area (Å²) in [6.45, 7) is 0. The van der Waals surface area contributed by atoms with Gasteiger partial charge in [-0.15, -0.1) is 0 Å². The highest BCUT2D eigenvalue weighted by Crippen LogP contribution is 2.42. The van der Waals surface area contributed by atoms with Crippen LogP contribution in [-0.2, 0) is 0 Å². The van der Waals surface area contributed by atoms with Crippen LogP contribution in [-0.4, -0.2) is 19.2 Å². The van der Waals surface area contributed by atoms with Gasteiger partial charge >= 0.3 is 0 Å². The monoisotopic (exact) mass is 566 g/mol. The Morgan fingerprint density at radius 2 is 1.23 bits per heavy atom. The Bertz CT molecular complexity index is 2750. The predicted molar refractivity (Wildman–Crippen MR) is 176 cm³/mol. The van der Waals surface area contributed by atoms with E-state index < -0.39 is 0 Å². The SMILES string of the molecule is c1ccc(-n2c3cc(Oc4ccc5c6ccccc6c6ccnn6c5c4)ccc3c3ccc4oc5ccccc5c4c32)nc1. The normalized spacial score (nSPS) is 12.1. The summed E-state index contributed by atoms with van der Waals surface area (Å²) < 4.78 is 17.1. The Morgan fingerprint density at radius 1 is 0.523 bits per heavy atom. The number of para-hydroxylation sites is 1. The van der Waals surface area contributed by atoms with Crippen molar-refractivity contribution in [2.24, 2.45) is 0 Å². The maximum Gasteiger partial charge on any atom is 0.137 e. The van der Waals surface area contributed by atoms with Gasteiger partial charge in [-0.2, -0.15) is 5.10 Å². The van der Waals surface area contributed by atoms with Crippen LogP contribution in [0, 0.1) is 0 Å². The topological polar surface area (TPSA) is 57.5 Å². The molecule has 0 aliphatic carbocycles. The number of pyridine rings is 2. The molecule has 0 saturated carbocycles. The van der Waals surface area contributed by atoms with Crippen molar-refractivity contribution in [3.63, 3.8) is 0 Å². The lowest BCUT2D eigenvalue weighted by molar-refractivity contribution is 0.484. The molecule has 5 aromatic heterocycles. The van der Waals surface area contributed by atoms with Gasteiger partial charge in [0, 0.05) is 45.3 Å². The molecule has 0 amide bonds. The predicted octanol–water partition coefficient (Wildman–Crippen LogP) is 9.82. The molecule has 44 heavy (non-hydrogen) atoms. The van der Waals surface area contributed by atoms with Gasteiger partial charge in [0.15, 0.2) is 0 Å². The molecule has 0 fully saturated rings. The molecule has 0 radical (unpaired) electrons. The van der Waals surface area contributed by atoms with Crippen LogP contribution in [0.3, 0.4) is 0 Å². The third-order valence-corrected chi connectivity index (χ3v) is 8.69. The number of ether oxygens (including phenoxy) is 1. The molecule has 5 heterocycles. The molecular weight excluding hydrogens is 544 g/mol. The van der Waals surface area contributed by atoms with Gasteiger partial charge in [-0.1, -0.05) is 48.5 Å². The smallest absolute Gasteiger partial charge is 0.137 e. The lowest BCUT2D eigenvalue weighted by Crippen LogP contribution is -1.97. The summed E-state index contributed by atoms with van der Waals surface area (Å²) >= 11 is 0. The number of benzene rings is 5. The average Bonchev–Trinajstić information content (AvgIpc) is 3.79. The van der Waals surface area contributed by atoms with Gasteiger partial charge < -0.3 is 9.15 Å². The number of nitrogens with zero attached hydrogens (tertiary/aromatic N) is 4. The number of rotatable bonds is 3. The second kappa shape index (κ2) is 8.69. The van der Waals surface area contributed by atoms with E-state index in [2.05, 4.69) is 88.5 Å². The molecule has 0 aliphatic heterocycles. The zero-order valence-electron chi connectivity index (χ0n) is 23.3. The van der Waals surface area contributed by atoms with Gasteiger partial charge in [0.25, 0.3) is 0 Å². The second-order valence-electron chi connectivity index (χ2n) is 11.1. The van der Waals surface area contributed by atoms with Crippen LogP contribution in [0.4, 0.5) is 0 Å². The van der Waals surface area contributed by atoms with Crippen LogP contribution in [0.5, 0.6) is 11.5 Å². The van der Waals surface area contributed by atoms with Gasteiger partial charge in [-0.3, -0.25) is 4.57 Å². The summed E-state index contributed by atoms with van der Waals surface area (Å²) in [5, 5.41) is 12.6. The average molecular weight is 567 g/mol. The van der Waals surface area contributed by atoms with E-state index in [9.17, 15) is 0 Å². The first-order valence-electron chi connectivity index (χ1n) is 14.6. The fraction of sp³-hybridized carbons (Fsp3) is 0. The minimum absolute atomic E-state index is 0.739. The Labute approximate surface area is 249 Å². The first kappa shape index (κ1) is 23.4. The molecule has 0 bridgehead atoms. The van der Waals surface area contributed by atoms with Crippen molar-refractivity contribution in [1.29, 1.82) is 0 Å². The quantitative estimate of drug-likeness (QED) is 0.200.